The molecule has 1 saturated heterocycles. The van der Waals surface area contributed by atoms with Gasteiger partial charge in [-0.3, -0.25) is 14.5 Å². The van der Waals surface area contributed by atoms with Crippen molar-refractivity contribution in [2.75, 3.05) is 25.7 Å². The molecule has 1 fully saturated rings. The molecule has 2 amide bonds. The number of ether oxygens (including phenoxy) is 2. The van der Waals surface area contributed by atoms with Gasteiger partial charge in [0.25, 0.3) is 0 Å². The molecule has 0 bridgehead atoms. The first-order valence-corrected chi connectivity index (χ1v) is 12.0. The van der Waals surface area contributed by atoms with Gasteiger partial charge in [0.15, 0.2) is 5.13 Å². The highest BCUT2D eigenvalue weighted by Gasteiger charge is 2.31. The molecule has 1 aliphatic rings. The van der Waals surface area contributed by atoms with E-state index >= 15 is 0 Å². The summed E-state index contributed by atoms with van der Waals surface area (Å²) in [7, 11) is 3.20. The van der Waals surface area contributed by atoms with Crippen LogP contribution in [0.3, 0.4) is 0 Å². The van der Waals surface area contributed by atoms with E-state index in [1.54, 1.807) is 37.8 Å². The third-order valence-electron chi connectivity index (χ3n) is 5.84. The van der Waals surface area contributed by atoms with Crippen LogP contribution in [-0.2, 0) is 9.59 Å². The van der Waals surface area contributed by atoms with Crippen LogP contribution in [0.25, 0.3) is 6.08 Å². The van der Waals surface area contributed by atoms with Crippen LogP contribution in [0.2, 0.25) is 0 Å². The standard InChI is InChI=1S/C26H26FN3O4S/c1-17(31)30(23-8-5-4-7-21(23)27)26-28-18(16-35-26)10-13-25(32)29-14-6-9-22(29)20-12-11-19(33-2)15-24(20)34-3/h4-5,7-8,10-13,15-16,22H,6,9,14H2,1-3H3. The minimum absolute atomic E-state index is 0.103. The fourth-order valence-corrected chi connectivity index (χ4v) is 5.04. The first-order chi connectivity index (χ1) is 16.9. The lowest BCUT2D eigenvalue weighted by atomic mass is 10.0. The second kappa shape index (κ2) is 10.7. The number of para-hydroxylation sites is 1. The number of carbonyl (C=O) groups is 2. The van der Waals surface area contributed by atoms with Crippen molar-refractivity contribution in [1.82, 2.24) is 9.88 Å². The second-order valence-corrected chi connectivity index (χ2v) is 8.83. The molecule has 3 aromatic rings. The normalized spacial score (nSPS) is 15.4. The topological polar surface area (TPSA) is 72.0 Å². The SMILES string of the molecule is COc1ccc(C2CCCN2C(=O)C=Cc2csc(N(C(C)=O)c3ccccc3F)n2)c(OC)c1. The number of nitrogens with zero attached hydrogens (tertiary/aromatic N) is 3. The Bertz CT molecular complexity index is 1260. The third kappa shape index (κ3) is 5.19. The number of anilines is 2. The number of methoxy groups -OCH3 is 2. The minimum Gasteiger partial charge on any atom is -0.497 e. The maximum atomic E-state index is 14.3. The van der Waals surface area contributed by atoms with E-state index in [2.05, 4.69) is 4.98 Å². The summed E-state index contributed by atoms with van der Waals surface area (Å²) in [6, 6.07) is 11.6. The van der Waals surface area contributed by atoms with Crippen LogP contribution in [0.15, 0.2) is 53.9 Å². The lowest BCUT2D eigenvalue weighted by Crippen LogP contribution is -2.29. The predicted octanol–water partition coefficient (Wildman–Crippen LogP) is 5.36. The summed E-state index contributed by atoms with van der Waals surface area (Å²) in [5.41, 5.74) is 1.58. The summed E-state index contributed by atoms with van der Waals surface area (Å²) in [5, 5.41) is 2.06. The van der Waals surface area contributed by atoms with Crippen molar-refractivity contribution in [1.29, 1.82) is 0 Å². The van der Waals surface area contributed by atoms with Gasteiger partial charge >= 0.3 is 0 Å². The molecule has 35 heavy (non-hydrogen) atoms. The number of carbonyl (C=O) groups excluding carboxylic acids is 2. The van der Waals surface area contributed by atoms with Crippen molar-refractivity contribution < 1.29 is 23.5 Å². The van der Waals surface area contributed by atoms with Gasteiger partial charge in [-0.15, -0.1) is 11.3 Å². The molecule has 0 N–H and O–H groups in total. The first kappa shape index (κ1) is 24.4. The molecule has 1 unspecified atom stereocenters. The average molecular weight is 496 g/mol. The van der Waals surface area contributed by atoms with E-state index in [0.717, 1.165) is 18.4 Å². The van der Waals surface area contributed by atoms with Gasteiger partial charge in [0.1, 0.15) is 17.3 Å². The molecule has 7 nitrogen and oxygen atoms in total. The van der Waals surface area contributed by atoms with Crippen molar-refractivity contribution in [2.45, 2.75) is 25.8 Å². The van der Waals surface area contributed by atoms with Crippen molar-refractivity contribution in [3.63, 3.8) is 0 Å². The Labute approximate surface area is 207 Å². The van der Waals surface area contributed by atoms with E-state index in [0.29, 0.717) is 28.9 Å². The Hall–Kier alpha value is -3.72. The Morgan fingerprint density at radius 1 is 1.20 bits per heavy atom. The van der Waals surface area contributed by atoms with Gasteiger partial charge in [-0.25, -0.2) is 9.37 Å². The summed E-state index contributed by atoms with van der Waals surface area (Å²) in [6.45, 7) is 1.99. The van der Waals surface area contributed by atoms with Crippen LogP contribution in [-0.4, -0.2) is 42.5 Å². The number of halogens is 1. The second-order valence-electron chi connectivity index (χ2n) is 7.99. The molecular weight excluding hydrogens is 469 g/mol. The molecule has 1 aliphatic heterocycles. The van der Waals surface area contributed by atoms with Gasteiger partial charge in [-0.2, -0.15) is 0 Å². The predicted molar refractivity (Wildman–Crippen MR) is 134 cm³/mol. The van der Waals surface area contributed by atoms with Crippen molar-refractivity contribution in [3.8, 4) is 11.5 Å². The highest BCUT2D eigenvalue weighted by Crippen LogP contribution is 2.39. The summed E-state index contributed by atoms with van der Waals surface area (Å²) in [6.07, 6.45) is 4.81. The number of aromatic nitrogens is 1. The van der Waals surface area contributed by atoms with Gasteiger partial charge in [0, 0.05) is 36.6 Å². The Kier molecular flexibility index (Phi) is 7.45. The van der Waals surface area contributed by atoms with Crippen LogP contribution < -0.4 is 14.4 Å². The van der Waals surface area contributed by atoms with Crippen molar-refractivity contribution in [3.05, 3.63) is 71.0 Å². The lowest BCUT2D eigenvalue weighted by molar-refractivity contribution is -0.126. The molecule has 1 atom stereocenters. The van der Waals surface area contributed by atoms with E-state index in [9.17, 15) is 14.0 Å². The van der Waals surface area contributed by atoms with Crippen LogP contribution in [0.5, 0.6) is 11.5 Å². The molecule has 2 aromatic carbocycles. The van der Waals surface area contributed by atoms with E-state index in [1.807, 2.05) is 23.1 Å². The molecule has 0 saturated carbocycles. The fraction of sp³-hybridized carbons (Fsp3) is 0.269. The third-order valence-corrected chi connectivity index (χ3v) is 6.69. The summed E-state index contributed by atoms with van der Waals surface area (Å²) < 4.78 is 25.1. The molecule has 0 aliphatic carbocycles. The number of amides is 2. The Balaban J connectivity index is 1.52. The van der Waals surface area contributed by atoms with Gasteiger partial charge in [0.05, 0.1) is 31.6 Å². The van der Waals surface area contributed by atoms with Crippen molar-refractivity contribution >= 4 is 40.0 Å². The lowest BCUT2D eigenvalue weighted by Gasteiger charge is -2.25. The molecule has 182 valence electrons. The van der Waals surface area contributed by atoms with Crippen LogP contribution in [0.4, 0.5) is 15.2 Å². The number of hydrogen-bond donors (Lipinski definition) is 0. The van der Waals surface area contributed by atoms with E-state index in [4.69, 9.17) is 9.47 Å². The summed E-state index contributed by atoms with van der Waals surface area (Å²) in [4.78, 5) is 32.8. The van der Waals surface area contributed by atoms with E-state index < -0.39 is 5.82 Å². The zero-order valence-corrected chi connectivity index (χ0v) is 20.5. The maximum Gasteiger partial charge on any atom is 0.247 e. The van der Waals surface area contributed by atoms with Crippen molar-refractivity contribution in [2.24, 2.45) is 0 Å². The van der Waals surface area contributed by atoms with Gasteiger partial charge in [0.2, 0.25) is 11.8 Å². The average Bonchev–Trinajstić information content (AvgIpc) is 3.53. The highest BCUT2D eigenvalue weighted by molar-refractivity contribution is 7.14. The minimum atomic E-state index is -0.515. The van der Waals surface area contributed by atoms with Crippen LogP contribution >= 0.6 is 11.3 Å². The van der Waals surface area contributed by atoms with Gasteiger partial charge < -0.3 is 14.4 Å². The van der Waals surface area contributed by atoms with Crippen LogP contribution in [0, 0.1) is 5.82 Å². The van der Waals surface area contributed by atoms with Crippen LogP contribution in [0.1, 0.15) is 37.1 Å². The summed E-state index contributed by atoms with van der Waals surface area (Å²) in [5.74, 6) is 0.358. The zero-order valence-electron chi connectivity index (χ0n) is 19.7. The monoisotopic (exact) mass is 495 g/mol. The number of thiazole rings is 1. The molecule has 1 aromatic heterocycles. The number of hydrogen-bond acceptors (Lipinski definition) is 6. The molecule has 0 radical (unpaired) electrons. The maximum absolute atomic E-state index is 14.3. The fourth-order valence-electron chi connectivity index (χ4n) is 4.20. The van der Waals surface area contributed by atoms with Gasteiger partial charge in [-0.05, 0) is 43.2 Å². The highest BCUT2D eigenvalue weighted by atomic mass is 32.1. The molecule has 0 spiro atoms. The molecular formula is C26H26FN3O4S. The molecule has 9 heteroatoms. The number of likely N-dealkylation sites (tertiary alicyclic amines) is 1. The zero-order chi connectivity index (χ0) is 24.9. The Morgan fingerprint density at radius 3 is 2.71 bits per heavy atom. The van der Waals surface area contributed by atoms with E-state index in [-0.39, 0.29) is 23.5 Å². The smallest absolute Gasteiger partial charge is 0.247 e. The number of benzene rings is 2. The summed E-state index contributed by atoms with van der Waals surface area (Å²) >= 11 is 1.20. The first-order valence-electron chi connectivity index (χ1n) is 11.1. The quantitative estimate of drug-likeness (QED) is 0.413. The Morgan fingerprint density at radius 2 is 2.00 bits per heavy atom. The van der Waals surface area contributed by atoms with E-state index in [1.165, 1.54) is 41.4 Å². The number of rotatable bonds is 7. The largest absolute Gasteiger partial charge is 0.497 e. The molecule has 2 heterocycles. The molecule has 4 rings (SSSR count). The van der Waals surface area contributed by atoms with Gasteiger partial charge in [-0.1, -0.05) is 12.1 Å².